The second-order valence-corrected chi connectivity index (χ2v) is 10.2. The molecule has 0 aliphatic carbocycles. The third-order valence-corrected chi connectivity index (χ3v) is 7.46. The van der Waals surface area contributed by atoms with Gasteiger partial charge in [0.05, 0.1) is 29.8 Å². The zero-order valence-electron chi connectivity index (χ0n) is 19.9. The van der Waals surface area contributed by atoms with E-state index in [4.69, 9.17) is 21.3 Å². The molecule has 3 heterocycles. The number of thioether (sulfide) groups is 1. The molecule has 36 heavy (non-hydrogen) atoms. The average Bonchev–Trinajstić information content (AvgIpc) is 3.53. The summed E-state index contributed by atoms with van der Waals surface area (Å²) >= 11 is 7.82. The first kappa shape index (κ1) is 24.6. The van der Waals surface area contributed by atoms with Crippen LogP contribution in [0, 0.1) is 0 Å². The minimum Gasteiger partial charge on any atom is -0.376 e. The van der Waals surface area contributed by atoms with Crippen molar-refractivity contribution in [2.24, 2.45) is 4.99 Å². The second kappa shape index (κ2) is 10.9. The molecular formula is C27H27ClN4O3S. The van der Waals surface area contributed by atoms with Gasteiger partial charge in [0.15, 0.2) is 5.17 Å². The summed E-state index contributed by atoms with van der Waals surface area (Å²) < 4.78 is 5.62. The lowest BCUT2D eigenvalue weighted by Gasteiger charge is -2.36. The van der Waals surface area contributed by atoms with Crippen LogP contribution in [0.5, 0.6) is 0 Å². The number of para-hydroxylation sites is 1. The van der Waals surface area contributed by atoms with Gasteiger partial charge < -0.3 is 20.3 Å². The van der Waals surface area contributed by atoms with Crippen LogP contribution in [0.2, 0.25) is 5.02 Å². The van der Waals surface area contributed by atoms with Crippen LogP contribution in [-0.4, -0.2) is 41.1 Å². The maximum Gasteiger partial charge on any atom is 0.255 e. The van der Waals surface area contributed by atoms with Crippen molar-refractivity contribution in [1.82, 2.24) is 10.2 Å². The minimum absolute atomic E-state index is 0.0751. The van der Waals surface area contributed by atoms with Crippen LogP contribution in [0.25, 0.3) is 0 Å². The van der Waals surface area contributed by atoms with E-state index in [1.165, 1.54) is 11.8 Å². The monoisotopic (exact) mass is 522 g/mol. The van der Waals surface area contributed by atoms with Gasteiger partial charge in [-0.1, -0.05) is 53.7 Å². The highest BCUT2D eigenvalue weighted by Gasteiger charge is 2.40. The van der Waals surface area contributed by atoms with E-state index < -0.39 is 6.04 Å². The third-order valence-electron chi connectivity index (χ3n) is 6.33. The number of carbonyl (C=O) groups is 2. The van der Waals surface area contributed by atoms with Gasteiger partial charge >= 0.3 is 0 Å². The minimum atomic E-state index is -0.480. The van der Waals surface area contributed by atoms with Crippen molar-refractivity contribution >= 4 is 46.0 Å². The molecule has 3 aliphatic heterocycles. The predicted octanol–water partition coefficient (Wildman–Crippen LogP) is 5.24. The molecule has 7 nitrogen and oxygen atoms in total. The van der Waals surface area contributed by atoms with Gasteiger partial charge in [0.2, 0.25) is 5.91 Å². The number of hydrogen-bond donors (Lipinski definition) is 2. The fourth-order valence-electron chi connectivity index (χ4n) is 4.63. The Kier molecular flexibility index (Phi) is 7.46. The summed E-state index contributed by atoms with van der Waals surface area (Å²) in [7, 11) is 0. The number of nitrogens with one attached hydrogen (secondary N) is 2. The zero-order valence-corrected chi connectivity index (χ0v) is 21.4. The molecule has 0 spiro atoms. The largest absolute Gasteiger partial charge is 0.376 e. The van der Waals surface area contributed by atoms with Gasteiger partial charge in [-0.2, -0.15) is 0 Å². The molecule has 0 radical (unpaired) electrons. The van der Waals surface area contributed by atoms with Crippen LogP contribution >= 0.6 is 23.4 Å². The van der Waals surface area contributed by atoms with Gasteiger partial charge in [0.25, 0.3) is 5.91 Å². The van der Waals surface area contributed by atoms with Gasteiger partial charge in [-0.05, 0) is 55.0 Å². The molecule has 2 N–H and O–H groups in total. The smallest absolute Gasteiger partial charge is 0.255 e. The molecular weight excluding hydrogens is 496 g/mol. The summed E-state index contributed by atoms with van der Waals surface area (Å²) in [6.45, 7) is 3.09. The van der Waals surface area contributed by atoms with E-state index in [0.717, 1.165) is 35.9 Å². The van der Waals surface area contributed by atoms with Crippen LogP contribution in [0.1, 0.15) is 37.8 Å². The summed E-state index contributed by atoms with van der Waals surface area (Å²) in [5.41, 5.74) is 3.47. The molecule has 2 amide bonds. The summed E-state index contributed by atoms with van der Waals surface area (Å²) in [4.78, 5) is 33.2. The van der Waals surface area contributed by atoms with Gasteiger partial charge in [0, 0.05) is 29.6 Å². The van der Waals surface area contributed by atoms with E-state index in [9.17, 15) is 9.59 Å². The lowest BCUT2D eigenvalue weighted by molar-refractivity contribution is -0.121. The molecule has 0 bridgehead atoms. The standard InChI is InChI=1S/C27H27ClN4O3S/c1-17-24(26(34)31-20-9-3-2-4-10-20)25(18-7-5-8-19(28)13-18)32-21(16-36-27(32)30-17)14-23(33)29-15-22-11-6-12-35-22/h2-5,7-10,13,16,22,25H,6,11-12,14-15H2,1H3,(H,29,33)(H,31,34). The Bertz CT molecular complexity index is 1250. The maximum absolute atomic E-state index is 13.6. The van der Waals surface area contributed by atoms with Crippen molar-refractivity contribution in [3.8, 4) is 0 Å². The second-order valence-electron chi connectivity index (χ2n) is 8.88. The van der Waals surface area contributed by atoms with E-state index >= 15 is 0 Å². The first-order valence-corrected chi connectivity index (χ1v) is 13.2. The molecule has 2 unspecified atom stereocenters. The molecule has 5 rings (SSSR count). The quantitative estimate of drug-likeness (QED) is 0.519. The molecule has 0 aromatic heterocycles. The molecule has 0 saturated carbocycles. The lowest BCUT2D eigenvalue weighted by Crippen LogP contribution is -2.39. The number of amidine groups is 1. The Morgan fingerprint density at radius 1 is 1.19 bits per heavy atom. The molecule has 2 aromatic rings. The summed E-state index contributed by atoms with van der Waals surface area (Å²) in [6.07, 6.45) is 2.23. The van der Waals surface area contributed by atoms with Crippen molar-refractivity contribution < 1.29 is 14.3 Å². The van der Waals surface area contributed by atoms with Gasteiger partial charge in [-0.25, -0.2) is 4.99 Å². The number of fused-ring (bicyclic) bond motifs is 1. The molecule has 2 aromatic carbocycles. The Labute approximate surface area is 219 Å². The van der Waals surface area contributed by atoms with Crippen LogP contribution in [0.3, 0.4) is 0 Å². The number of carbonyl (C=O) groups excluding carboxylic acids is 2. The van der Waals surface area contributed by atoms with Crippen molar-refractivity contribution in [2.45, 2.75) is 38.3 Å². The van der Waals surface area contributed by atoms with Crippen LogP contribution < -0.4 is 10.6 Å². The van der Waals surface area contributed by atoms with Crippen LogP contribution in [0.4, 0.5) is 5.69 Å². The van der Waals surface area contributed by atoms with Crippen molar-refractivity contribution in [3.05, 3.63) is 87.6 Å². The average molecular weight is 523 g/mol. The highest BCUT2D eigenvalue weighted by molar-refractivity contribution is 8.16. The number of amides is 2. The number of anilines is 1. The first-order chi connectivity index (χ1) is 17.5. The van der Waals surface area contributed by atoms with E-state index in [0.29, 0.717) is 28.5 Å². The Morgan fingerprint density at radius 2 is 2.03 bits per heavy atom. The molecule has 186 valence electrons. The highest BCUT2D eigenvalue weighted by atomic mass is 35.5. The molecule has 2 atom stereocenters. The van der Waals surface area contributed by atoms with Gasteiger partial charge in [-0.15, -0.1) is 0 Å². The number of aliphatic imine (C=N–C) groups is 1. The van der Waals surface area contributed by atoms with Crippen LogP contribution in [-0.2, 0) is 14.3 Å². The molecule has 1 saturated heterocycles. The third kappa shape index (κ3) is 5.36. The van der Waals surface area contributed by atoms with Crippen LogP contribution in [0.15, 0.2) is 82.0 Å². The summed E-state index contributed by atoms with van der Waals surface area (Å²) in [6, 6.07) is 16.3. The van der Waals surface area contributed by atoms with Crippen molar-refractivity contribution in [2.75, 3.05) is 18.5 Å². The van der Waals surface area contributed by atoms with Crippen molar-refractivity contribution in [3.63, 3.8) is 0 Å². The number of rotatable bonds is 7. The van der Waals surface area contributed by atoms with Gasteiger partial charge in [0.1, 0.15) is 0 Å². The first-order valence-electron chi connectivity index (χ1n) is 11.9. The fourth-order valence-corrected chi connectivity index (χ4v) is 5.79. The number of nitrogens with zero attached hydrogens (tertiary/aromatic N) is 2. The van der Waals surface area contributed by atoms with Gasteiger partial charge in [-0.3, -0.25) is 9.59 Å². The zero-order chi connectivity index (χ0) is 25.1. The van der Waals surface area contributed by atoms with E-state index in [2.05, 4.69) is 10.6 Å². The maximum atomic E-state index is 13.6. The number of hydrogen-bond acceptors (Lipinski definition) is 6. The number of benzene rings is 2. The SMILES string of the molecule is CC1=C(C(=O)Nc2ccccc2)C(c2cccc(Cl)c2)N2C(CC(=O)NCC3CCCO3)=CSC2=N1. The summed E-state index contributed by atoms with van der Waals surface area (Å²) in [5.74, 6) is -0.337. The Balaban J connectivity index is 1.43. The fraction of sp³-hybridized carbons (Fsp3) is 0.296. The molecule has 9 heteroatoms. The number of halogens is 1. The lowest BCUT2D eigenvalue weighted by atomic mass is 9.93. The van der Waals surface area contributed by atoms with E-state index in [1.807, 2.05) is 65.8 Å². The Morgan fingerprint density at radius 3 is 2.78 bits per heavy atom. The predicted molar refractivity (Wildman–Crippen MR) is 144 cm³/mol. The molecule has 1 fully saturated rings. The summed E-state index contributed by atoms with van der Waals surface area (Å²) in [5, 5.41) is 9.23. The number of allylic oxidation sites excluding steroid dienone is 1. The van der Waals surface area contributed by atoms with E-state index in [1.54, 1.807) is 6.07 Å². The molecule has 3 aliphatic rings. The highest BCUT2D eigenvalue weighted by Crippen LogP contribution is 2.45. The topological polar surface area (TPSA) is 83.0 Å². The Hall–Kier alpha value is -3.07. The van der Waals surface area contributed by atoms with E-state index in [-0.39, 0.29) is 24.3 Å². The normalized spacial score (nSPS) is 21.1. The number of ether oxygens (including phenoxy) is 1. The van der Waals surface area contributed by atoms with Crippen molar-refractivity contribution in [1.29, 1.82) is 0 Å².